The van der Waals surface area contributed by atoms with E-state index in [9.17, 15) is 22.0 Å². The molecule has 0 amide bonds. The Morgan fingerprint density at radius 1 is 1.00 bits per heavy atom. The molecule has 0 aromatic heterocycles. The molecule has 2 nitrogen and oxygen atoms in total. The lowest BCUT2D eigenvalue weighted by molar-refractivity contribution is -0.291. The Morgan fingerprint density at radius 2 is 1.45 bits per heavy atom. The van der Waals surface area contributed by atoms with Crippen LogP contribution in [0.4, 0.5) is 22.0 Å². The maximum absolute atomic E-state index is 13.1. The predicted molar refractivity (Wildman–Crippen MR) is 68.3 cm³/mol. The van der Waals surface area contributed by atoms with Crippen molar-refractivity contribution in [3.05, 3.63) is 29.8 Å². The molecule has 20 heavy (non-hydrogen) atoms. The molecule has 114 valence electrons. The number of alkyl halides is 5. The third-order valence-electron chi connectivity index (χ3n) is 2.43. The van der Waals surface area contributed by atoms with E-state index >= 15 is 0 Å². The van der Waals surface area contributed by atoms with E-state index in [1.807, 2.05) is 19.6 Å². The number of halogens is 5. The highest BCUT2D eigenvalue weighted by atomic mass is 28.4. The normalized spacial score (nSPS) is 15.1. The van der Waals surface area contributed by atoms with Crippen LogP contribution in [0.15, 0.2) is 24.3 Å². The van der Waals surface area contributed by atoms with Gasteiger partial charge in [0.25, 0.3) is 0 Å². The molecule has 0 saturated carbocycles. The van der Waals surface area contributed by atoms with Crippen LogP contribution in [-0.2, 0) is 0 Å². The second kappa shape index (κ2) is 5.32. The fourth-order valence-electron chi connectivity index (χ4n) is 1.48. The van der Waals surface area contributed by atoms with Gasteiger partial charge in [-0.3, -0.25) is 0 Å². The molecule has 2 N–H and O–H groups in total. The Morgan fingerprint density at radius 3 is 1.80 bits per heavy atom. The second-order valence-electron chi connectivity index (χ2n) is 5.38. The molecular formula is C12H16F5NOSi. The largest absolute Gasteiger partial charge is 0.544 e. The summed E-state index contributed by atoms with van der Waals surface area (Å²) < 4.78 is 68.5. The topological polar surface area (TPSA) is 35.2 Å². The van der Waals surface area contributed by atoms with E-state index in [4.69, 9.17) is 10.2 Å². The molecule has 0 saturated heterocycles. The minimum absolute atomic E-state index is 0.296. The smallest absolute Gasteiger partial charge is 0.455 e. The fourth-order valence-corrected chi connectivity index (χ4v) is 2.33. The van der Waals surface area contributed by atoms with Gasteiger partial charge in [0.15, 0.2) is 0 Å². The summed E-state index contributed by atoms with van der Waals surface area (Å²) in [6.07, 6.45) is -5.68. The van der Waals surface area contributed by atoms with Gasteiger partial charge in [-0.25, -0.2) is 0 Å². The predicted octanol–water partition coefficient (Wildman–Crippen LogP) is 4.10. The number of hydrogen-bond acceptors (Lipinski definition) is 2. The zero-order valence-electron chi connectivity index (χ0n) is 11.3. The molecule has 0 aliphatic carbocycles. The molecule has 0 radical (unpaired) electrons. The summed E-state index contributed by atoms with van der Waals surface area (Å²) in [6.45, 7) is 5.76. The first kappa shape index (κ1) is 16.9. The van der Waals surface area contributed by atoms with Crippen molar-refractivity contribution in [2.75, 3.05) is 0 Å². The van der Waals surface area contributed by atoms with Crippen LogP contribution in [0.3, 0.4) is 0 Å². The van der Waals surface area contributed by atoms with Crippen molar-refractivity contribution in [3.63, 3.8) is 0 Å². The first-order valence-electron chi connectivity index (χ1n) is 5.84. The summed E-state index contributed by atoms with van der Waals surface area (Å²) in [4.78, 5) is 0. The van der Waals surface area contributed by atoms with E-state index < -0.39 is 26.5 Å². The molecule has 1 aromatic carbocycles. The Bertz CT molecular complexity index is 452. The van der Waals surface area contributed by atoms with Crippen LogP contribution in [0, 0.1) is 0 Å². The number of nitrogens with two attached hydrogens (primary N) is 1. The van der Waals surface area contributed by atoms with Gasteiger partial charge in [-0.1, -0.05) is 12.1 Å². The van der Waals surface area contributed by atoms with Gasteiger partial charge in [0.05, 0.1) is 0 Å². The van der Waals surface area contributed by atoms with E-state index in [0.29, 0.717) is 5.75 Å². The maximum Gasteiger partial charge on any atom is 0.455 e. The molecule has 0 fully saturated rings. The Labute approximate surface area is 114 Å². The molecule has 0 heterocycles. The minimum Gasteiger partial charge on any atom is -0.544 e. The Kier molecular flexibility index (Phi) is 4.50. The quantitative estimate of drug-likeness (QED) is 0.671. The molecule has 0 aliphatic heterocycles. The molecule has 0 aliphatic rings. The lowest BCUT2D eigenvalue weighted by Crippen LogP contribution is -2.45. The van der Waals surface area contributed by atoms with Gasteiger partial charge in [0, 0.05) is 0 Å². The number of benzene rings is 1. The van der Waals surface area contributed by atoms with Crippen LogP contribution < -0.4 is 10.2 Å². The van der Waals surface area contributed by atoms with Crippen LogP contribution >= 0.6 is 0 Å². The van der Waals surface area contributed by atoms with Crippen molar-refractivity contribution in [3.8, 4) is 5.75 Å². The van der Waals surface area contributed by atoms with Crippen LogP contribution in [0.2, 0.25) is 19.6 Å². The summed E-state index contributed by atoms with van der Waals surface area (Å²) in [6, 6.07) is 2.50. The third-order valence-corrected chi connectivity index (χ3v) is 3.28. The van der Waals surface area contributed by atoms with Gasteiger partial charge in [-0.2, -0.15) is 22.0 Å². The molecular weight excluding hydrogens is 297 g/mol. The van der Waals surface area contributed by atoms with E-state index in [1.54, 1.807) is 0 Å². The molecule has 0 spiro atoms. The van der Waals surface area contributed by atoms with Crippen LogP contribution in [0.25, 0.3) is 0 Å². The lowest BCUT2D eigenvalue weighted by atomic mass is 10.0. The average molecular weight is 313 g/mol. The zero-order chi connectivity index (χ0) is 15.8. The molecule has 8 heteroatoms. The van der Waals surface area contributed by atoms with Crippen molar-refractivity contribution in [1.29, 1.82) is 0 Å². The summed E-state index contributed by atoms with van der Waals surface area (Å²) in [5.41, 5.74) is 4.74. The summed E-state index contributed by atoms with van der Waals surface area (Å²) in [5, 5.41) is 0. The fraction of sp³-hybridized carbons (Fsp3) is 0.500. The molecule has 0 unspecified atom stereocenters. The highest BCUT2D eigenvalue weighted by Gasteiger charge is 2.61. The summed E-state index contributed by atoms with van der Waals surface area (Å²) in [5.74, 6) is -4.55. The van der Waals surface area contributed by atoms with Gasteiger partial charge in [0.2, 0.25) is 8.32 Å². The van der Waals surface area contributed by atoms with Gasteiger partial charge in [-0.05, 0) is 37.3 Å². The zero-order valence-corrected chi connectivity index (χ0v) is 12.3. The lowest BCUT2D eigenvalue weighted by Gasteiger charge is -2.26. The third kappa shape index (κ3) is 3.92. The van der Waals surface area contributed by atoms with E-state index in [2.05, 4.69) is 0 Å². The van der Waals surface area contributed by atoms with Crippen molar-refractivity contribution >= 4 is 8.32 Å². The maximum atomic E-state index is 13.1. The molecule has 1 aromatic rings. The molecule has 0 bridgehead atoms. The Balaban J connectivity index is 2.94. The number of hydrogen-bond donors (Lipinski definition) is 1. The summed E-state index contributed by atoms with van der Waals surface area (Å²) in [7, 11) is -1.87. The highest BCUT2D eigenvalue weighted by molar-refractivity contribution is 6.70. The van der Waals surface area contributed by atoms with Crippen LogP contribution in [-0.4, -0.2) is 20.4 Å². The van der Waals surface area contributed by atoms with Crippen LogP contribution in [0.5, 0.6) is 5.75 Å². The van der Waals surface area contributed by atoms with Crippen molar-refractivity contribution < 1.29 is 26.4 Å². The van der Waals surface area contributed by atoms with E-state index in [-0.39, 0.29) is 5.56 Å². The van der Waals surface area contributed by atoms with Gasteiger partial charge in [0.1, 0.15) is 11.8 Å². The number of rotatable bonds is 4. The minimum atomic E-state index is -5.68. The summed E-state index contributed by atoms with van der Waals surface area (Å²) >= 11 is 0. The monoisotopic (exact) mass is 313 g/mol. The van der Waals surface area contributed by atoms with Gasteiger partial charge in [-0.15, -0.1) is 0 Å². The van der Waals surface area contributed by atoms with Crippen molar-refractivity contribution in [2.45, 2.75) is 37.8 Å². The van der Waals surface area contributed by atoms with Gasteiger partial charge >= 0.3 is 12.1 Å². The SMILES string of the molecule is C[Si](C)(C)Oc1ccc([C@H](N)C(F)(F)C(F)(F)F)cc1. The van der Waals surface area contributed by atoms with Crippen molar-refractivity contribution in [2.24, 2.45) is 5.73 Å². The van der Waals surface area contributed by atoms with E-state index in [0.717, 1.165) is 12.1 Å². The average Bonchev–Trinajstić information content (AvgIpc) is 2.25. The van der Waals surface area contributed by atoms with Gasteiger partial charge < -0.3 is 10.2 Å². The standard InChI is InChI=1S/C12H16F5NOSi/c1-20(2,3)19-9-6-4-8(5-7-9)10(18)11(13,14)12(15,16)17/h4-7,10H,18H2,1-3H3/t10-/m0/s1. The first-order chi connectivity index (χ1) is 8.84. The Hall–Kier alpha value is -1.15. The van der Waals surface area contributed by atoms with E-state index in [1.165, 1.54) is 12.1 Å². The second-order valence-corrected chi connectivity index (χ2v) is 9.81. The molecule has 1 rings (SSSR count). The first-order valence-corrected chi connectivity index (χ1v) is 9.24. The molecule has 1 atom stereocenters. The highest BCUT2D eigenvalue weighted by Crippen LogP contribution is 2.43. The van der Waals surface area contributed by atoms with Crippen molar-refractivity contribution in [1.82, 2.24) is 0 Å². The van der Waals surface area contributed by atoms with Crippen LogP contribution in [0.1, 0.15) is 11.6 Å².